The Morgan fingerprint density at radius 1 is 1.05 bits per heavy atom. The van der Waals surface area contributed by atoms with Crippen LogP contribution in [0.5, 0.6) is 0 Å². The Balaban J connectivity index is 1.49. The largest absolute Gasteiger partial charge is 0.416 e. The quantitative estimate of drug-likeness (QED) is 0.407. The van der Waals surface area contributed by atoms with Crippen molar-refractivity contribution in [3.8, 4) is 0 Å². The number of carbonyl (C=O) groups excluding carboxylic acids is 2. The second kappa shape index (κ2) is 13.6. The number of anilines is 1. The van der Waals surface area contributed by atoms with Gasteiger partial charge in [-0.15, -0.1) is 0 Å². The first-order valence-electron chi connectivity index (χ1n) is 13.7. The number of amides is 2. The van der Waals surface area contributed by atoms with Crippen LogP contribution in [0.4, 0.5) is 18.9 Å². The van der Waals surface area contributed by atoms with E-state index in [-0.39, 0.29) is 30.9 Å². The minimum atomic E-state index is -4.45. The summed E-state index contributed by atoms with van der Waals surface area (Å²) >= 11 is 12.5. The van der Waals surface area contributed by atoms with Crippen molar-refractivity contribution in [3.05, 3.63) is 63.1 Å². The number of likely N-dealkylation sites (tertiary alicyclic amines) is 1. The van der Waals surface area contributed by atoms with Crippen LogP contribution < -0.4 is 10.2 Å². The van der Waals surface area contributed by atoms with Crippen LogP contribution in [0.25, 0.3) is 0 Å². The Morgan fingerprint density at radius 3 is 2.39 bits per heavy atom. The molecule has 2 aliphatic heterocycles. The molecule has 2 unspecified atom stereocenters. The molecule has 2 heterocycles. The Hall–Kier alpha value is -2.53. The summed E-state index contributed by atoms with van der Waals surface area (Å²) in [5, 5.41) is 4.11. The van der Waals surface area contributed by atoms with Crippen LogP contribution in [0.3, 0.4) is 0 Å². The van der Waals surface area contributed by atoms with Crippen LogP contribution in [-0.2, 0) is 33.5 Å². The van der Waals surface area contributed by atoms with Gasteiger partial charge in [0.15, 0.2) is 0 Å². The zero-order valence-electron chi connectivity index (χ0n) is 23.1. The monoisotopic (exact) mass is 614 g/mol. The number of ether oxygens (including phenoxy) is 1. The first-order chi connectivity index (χ1) is 19.5. The van der Waals surface area contributed by atoms with Crippen molar-refractivity contribution < 1.29 is 27.5 Å². The normalized spacial score (nSPS) is 17.7. The predicted molar refractivity (Wildman–Crippen MR) is 153 cm³/mol. The van der Waals surface area contributed by atoms with Gasteiger partial charge in [0.05, 0.1) is 11.7 Å². The summed E-state index contributed by atoms with van der Waals surface area (Å²) in [6, 6.07) is 8.20. The van der Waals surface area contributed by atoms with E-state index in [4.69, 9.17) is 27.9 Å². The highest BCUT2D eigenvalue weighted by molar-refractivity contribution is 6.35. The van der Waals surface area contributed by atoms with Crippen molar-refractivity contribution in [2.75, 3.05) is 51.3 Å². The van der Waals surface area contributed by atoms with Gasteiger partial charge in [-0.05, 0) is 54.8 Å². The zero-order valence-corrected chi connectivity index (χ0v) is 24.7. The third kappa shape index (κ3) is 7.85. The summed E-state index contributed by atoms with van der Waals surface area (Å²) in [6.07, 6.45) is -3.17. The van der Waals surface area contributed by atoms with Gasteiger partial charge in [0.2, 0.25) is 11.8 Å². The summed E-state index contributed by atoms with van der Waals surface area (Å²) in [6.45, 7) is 4.75. The van der Waals surface area contributed by atoms with E-state index in [1.54, 1.807) is 35.1 Å². The molecule has 2 aliphatic rings. The number of hydrogen-bond acceptors (Lipinski definition) is 5. The summed E-state index contributed by atoms with van der Waals surface area (Å²) in [5.74, 6) is -0.217. The van der Waals surface area contributed by atoms with E-state index in [0.29, 0.717) is 73.4 Å². The minimum absolute atomic E-state index is 0.0586. The molecule has 0 saturated carbocycles. The number of piperazine rings is 1. The molecule has 2 aromatic carbocycles. The molecule has 2 saturated heterocycles. The van der Waals surface area contributed by atoms with Gasteiger partial charge in [-0.25, -0.2) is 0 Å². The van der Waals surface area contributed by atoms with Crippen LogP contribution in [0.2, 0.25) is 10.0 Å². The maximum absolute atomic E-state index is 13.8. The van der Waals surface area contributed by atoms with Crippen LogP contribution in [0, 0.1) is 0 Å². The maximum atomic E-state index is 13.8. The van der Waals surface area contributed by atoms with Gasteiger partial charge in [-0.1, -0.05) is 29.3 Å². The number of methoxy groups -OCH3 is 1. The van der Waals surface area contributed by atoms with Crippen LogP contribution in [0.15, 0.2) is 36.4 Å². The number of nitrogens with zero attached hydrogens (tertiary/aromatic N) is 3. The summed E-state index contributed by atoms with van der Waals surface area (Å²) in [7, 11) is 1.58. The Bertz CT molecular complexity index is 1240. The molecular weight excluding hydrogens is 580 g/mol. The predicted octanol–water partition coefficient (Wildman–Crippen LogP) is 5.02. The molecule has 1 N–H and O–H groups in total. The minimum Gasteiger partial charge on any atom is -0.380 e. The molecule has 0 radical (unpaired) electrons. The van der Waals surface area contributed by atoms with Crippen molar-refractivity contribution in [1.82, 2.24) is 15.1 Å². The lowest BCUT2D eigenvalue weighted by Crippen LogP contribution is -2.56. The summed E-state index contributed by atoms with van der Waals surface area (Å²) in [4.78, 5) is 31.8. The number of carbonyl (C=O) groups is 2. The number of rotatable bonds is 10. The molecule has 2 aromatic rings. The average molecular weight is 616 g/mol. The van der Waals surface area contributed by atoms with E-state index in [9.17, 15) is 22.8 Å². The van der Waals surface area contributed by atoms with Gasteiger partial charge in [-0.2, -0.15) is 13.2 Å². The first kappa shape index (κ1) is 31.4. The number of alkyl halides is 3. The Kier molecular flexibility index (Phi) is 10.4. The molecular formula is C29H35Cl2F3N4O3. The molecule has 0 aliphatic carbocycles. The summed E-state index contributed by atoms with van der Waals surface area (Å²) < 4.78 is 45.7. The molecule has 2 amide bonds. The van der Waals surface area contributed by atoms with Crippen molar-refractivity contribution >= 4 is 40.7 Å². The van der Waals surface area contributed by atoms with E-state index >= 15 is 0 Å². The molecule has 41 heavy (non-hydrogen) atoms. The van der Waals surface area contributed by atoms with Gasteiger partial charge in [-0.3, -0.25) is 9.59 Å². The molecule has 0 bridgehead atoms. The smallest absolute Gasteiger partial charge is 0.380 e. The van der Waals surface area contributed by atoms with Gasteiger partial charge in [0.1, 0.15) is 6.04 Å². The zero-order chi connectivity index (χ0) is 29.7. The summed E-state index contributed by atoms with van der Waals surface area (Å²) in [5.41, 5.74) is 1.26. The fourth-order valence-electron chi connectivity index (χ4n) is 5.31. The third-order valence-corrected chi connectivity index (χ3v) is 8.28. The Morgan fingerprint density at radius 2 is 1.78 bits per heavy atom. The maximum Gasteiger partial charge on any atom is 0.416 e. The second-order valence-corrected chi connectivity index (χ2v) is 11.3. The number of hydrogen-bond donors (Lipinski definition) is 1. The van der Waals surface area contributed by atoms with E-state index < -0.39 is 17.8 Å². The van der Waals surface area contributed by atoms with Gasteiger partial charge < -0.3 is 24.8 Å². The number of nitrogens with one attached hydrogen (secondary N) is 1. The van der Waals surface area contributed by atoms with Gasteiger partial charge in [0.25, 0.3) is 0 Å². The molecule has 2 atom stereocenters. The molecule has 4 rings (SSSR count). The molecule has 2 fully saturated rings. The van der Waals surface area contributed by atoms with E-state index in [1.807, 2.05) is 11.8 Å². The van der Waals surface area contributed by atoms with E-state index in [1.165, 1.54) is 12.1 Å². The van der Waals surface area contributed by atoms with Crippen molar-refractivity contribution in [1.29, 1.82) is 0 Å². The Labute approximate surface area is 248 Å². The lowest BCUT2D eigenvalue weighted by atomic mass is 10.0. The highest BCUT2D eigenvalue weighted by Gasteiger charge is 2.37. The lowest BCUT2D eigenvalue weighted by Gasteiger charge is -2.40. The molecule has 0 spiro atoms. The van der Waals surface area contributed by atoms with Crippen LogP contribution in [0.1, 0.15) is 36.5 Å². The highest BCUT2D eigenvalue weighted by atomic mass is 35.5. The lowest BCUT2D eigenvalue weighted by molar-refractivity contribution is -0.143. The van der Waals surface area contributed by atoms with Crippen LogP contribution in [-0.4, -0.2) is 80.1 Å². The molecule has 224 valence electrons. The first-order valence-corrected chi connectivity index (χ1v) is 14.4. The fraction of sp³-hybridized carbons (Fsp3) is 0.517. The average Bonchev–Trinajstić information content (AvgIpc) is 3.37. The number of benzene rings is 2. The molecule has 0 aromatic heterocycles. The van der Waals surface area contributed by atoms with Gasteiger partial charge >= 0.3 is 6.18 Å². The topological polar surface area (TPSA) is 65.1 Å². The standard InChI is InChI=1S/C29H35Cl2F3N4O3/c1-19(41-2)17-35-18-21-14-22(29(32,33)34)6-8-25(21)36-10-12-37(13-11-36)28(40)26(38-9-3-4-27(38)39)15-20-5-7-23(30)16-24(20)31/h5-8,14,16,19,26,35H,3-4,9-13,15,17-18H2,1-2H3. The third-order valence-electron chi connectivity index (χ3n) is 7.69. The molecule has 12 heteroatoms. The van der Waals surface area contributed by atoms with Crippen molar-refractivity contribution in [2.24, 2.45) is 0 Å². The van der Waals surface area contributed by atoms with Crippen LogP contribution >= 0.6 is 23.2 Å². The van der Waals surface area contributed by atoms with Gasteiger partial charge in [0, 0.05) is 81.5 Å². The van der Waals surface area contributed by atoms with E-state index in [0.717, 1.165) is 11.6 Å². The van der Waals surface area contributed by atoms with Crippen molar-refractivity contribution in [2.45, 2.75) is 51.1 Å². The second-order valence-electron chi connectivity index (χ2n) is 10.5. The molecule has 7 nitrogen and oxygen atoms in total. The highest BCUT2D eigenvalue weighted by Crippen LogP contribution is 2.34. The van der Waals surface area contributed by atoms with Crippen molar-refractivity contribution in [3.63, 3.8) is 0 Å². The number of halogens is 5. The van der Waals surface area contributed by atoms with E-state index in [2.05, 4.69) is 5.32 Å². The SMILES string of the molecule is COC(C)CNCc1cc(C(F)(F)F)ccc1N1CCN(C(=O)C(Cc2ccc(Cl)cc2Cl)N2CCCC2=O)CC1. The fourth-order valence-corrected chi connectivity index (χ4v) is 5.79.